The first-order valence-corrected chi connectivity index (χ1v) is 21.5. The quantitative estimate of drug-likeness (QED) is 0.198. The van der Waals surface area contributed by atoms with Crippen LogP contribution in [0.5, 0.6) is 0 Å². The summed E-state index contributed by atoms with van der Waals surface area (Å²) in [6, 6.07) is 8.19. The fourth-order valence-corrected chi connectivity index (χ4v) is 9.38. The zero-order chi connectivity index (χ0) is 39.6. The summed E-state index contributed by atoms with van der Waals surface area (Å²) in [7, 11) is 0. The lowest BCUT2D eigenvalue weighted by Crippen LogP contribution is -2.47. The van der Waals surface area contributed by atoms with E-state index in [9.17, 15) is 9.59 Å². The highest BCUT2D eigenvalue weighted by molar-refractivity contribution is 5.70. The van der Waals surface area contributed by atoms with Crippen molar-refractivity contribution in [2.75, 3.05) is 58.9 Å². The van der Waals surface area contributed by atoms with Gasteiger partial charge in [-0.05, 0) is 85.5 Å². The van der Waals surface area contributed by atoms with E-state index in [0.717, 1.165) is 50.9 Å². The van der Waals surface area contributed by atoms with Gasteiger partial charge in [-0.25, -0.2) is 0 Å². The summed E-state index contributed by atoms with van der Waals surface area (Å²) >= 11 is 0. The number of hydrogen-bond acceptors (Lipinski definition) is 9. The smallest absolute Gasteiger partial charge is 0.307 e. The lowest BCUT2D eigenvalue weighted by molar-refractivity contribution is -0.157. The Bertz CT molecular complexity index is 1320. The molecule has 5 unspecified atom stereocenters. The Morgan fingerprint density at radius 3 is 2.15 bits per heavy atom. The number of fused-ring (bicyclic) bond motifs is 13. The van der Waals surface area contributed by atoms with Crippen LogP contribution in [0, 0.1) is 33.5 Å². The molecule has 0 radical (unpaired) electrons. The molecule has 5 atom stereocenters. The van der Waals surface area contributed by atoms with Crippen molar-refractivity contribution in [2.24, 2.45) is 39.2 Å². The summed E-state index contributed by atoms with van der Waals surface area (Å²) in [6.07, 6.45) is 9.04. The van der Waals surface area contributed by atoms with Gasteiger partial charge in [0.15, 0.2) is 0 Å². The molecule has 1 aromatic carbocycles. The van der Waals surface area contributed by atoms with E-state index in [0.29, 0.717) is 37.8 Å². The molecule has 1 aromatic rings. The van der Waals surface area contributed by atoms with Crippen LogP contribution in [-0.2, 0) is 32.2 Å². The zero-order valence-electron chi connectivity index (χ0n) is 35.9. The van der Waals surface area contributed by atoms with E-state index in [1.54, 1.807) is 0 Å². The lowest BCUT2D eigenvalue weighted by Gasteiger charge is -2.43. The number of rotatable bonds is 7. The van der Waals surface area contributed by atoms with Gasteiger partial charge in [-0.1, -0.05) is 99.4 Å². The van der Waals surface area contributed by atoms with Crippen LogP contribution in [-0.4, -0.2) is 92.8 Å². The van der Waals surface area contributed by atoms with Crippen LogP contribution in [0.1, 0.15) is 131 Å². The van der Waals surface area contributed by atoms with Crippen molar-refractivity contribution in [1.82, 2.24) is 20.4 Å². The average molecular weight is 754 g/mol. The van der Waals surface area contributed by atoms with Gasteiger partial charge >= 0.3 is 11.9 Å². The first kappa shape index (κ1) is 44.7. The summed E-state index contributed by atoms with van der Waals surface area (Å²) in [6.45, 7) is 31.6. The topological polar surface area (TPSA) is 109 Å². The average Bonchev–Trinajstić information content (AvgIpc) is 3.39. The van der Waals surface area contributed by atoms with Gasteiger partial charge in [0, 0.05) is 63.2 Å². The minimum Gasteiger partial charge on any atom is -0.462 e. The highest BCUT2D eigenvalue weighted by Crippen LogP contribution is 2.59. The normalized spacial score (nSPS) is 32.9. The molecule has 5 aliphatic rings. The Morgan fingerprint density at radius 1 is 0.852 bits per heavy atom. The molecule has 2 bridgehead atoms. The van der Waals surface area contributed by atoms with Crippen LogP contribution in [0.2, 0.25) is 0 Å². The number of carbonyl (C=O) groups is 2. The summed E-state index contributed by atoms with van der Waals surface area (Å²) < 4.78 is 11.9. The Morgan fingerprint density at radius 2 is 1.50 bits per heavy atom. The SMILES string of the molecule is CC1CC(OC(=O)CCNCc2cccc(CN)c2)C(C)(C)C1(C)C.CC1CC2OC(=O)CCNCCCN3CCN(CCCCCC2(C)C1(C)C)CC3. The van der Waals surface area contributed by atoms with Crippen molar-refractivity contribution in [3.8, 4) is 0 Å². The van der Waals surface area contributed by atoms with Crippen molar-refractivity contribution in [3.05, 3.63) is 35.4 Å². The monoisotopic (exact) mass is 754 g/mol. The minimum atomic E-state index is -0.105. The third-order valence-corrected chi connectivity index (χ3v) is 15.3. The molecule has 2 aliphatic carbocycles. The van der Waals surface area contributed by atoms with Crippen LogP contribution >= 0.6 is 0 Å². The Balaban J connectivity index is 0.000000244. The van der Waals surface area contributed by atoms with Crippen LogP contribution in [0.3, 0.4) is 0 Å². The van der Waals surface area contributed by atoms with Gasteiger partial charge in [-0.3, -0.25) is 9.59 Å². The first-order valence-electron chi connectivity index (χ1n) is 21.5. The van der Waals surface area contributed by atoms with Crippen LogP contribution in [0.25, 0.3) is 0 Å². The molecule has 9 heteroatoms. The molecular formula is C45H79N5O4. The molecule has 3 heterocycles. The largest absolute Gasteiger partial charge is 0.462 e. The van der Waals surface area contributed by atoms with Gasteiger partial charge in [0.2, 0.25) is 0 Å². The molecule has 3 aliphatic heterocycles. The molecule has 2 saturated carbocycles. The van der Waals surface area contributed by atoms with Gasteiger partial charge < -0.3 is 35.6 Å². The zero-order valence-corrected chi connectivity index (χ0v) is 35.9. The van der Waals surface area contributed by atoms with Gasteiger partial charge in [-0.15, -0.1) is 0 Å². The highest BCUT2D eigenvalue weighted by atomic mass is 16.5. The second kappa shape index (κ2) is 19.9. The van der Waals surface area contributed by atoms with Crippen LogP contribution < -0.4 is 16.4 Å². The Kier molecular flexibility index (Phi) is 16.5. The predicted octanol–water partition coefficient (Wildman–Crippen LogP) is 7.16. The third kappa shape index (κ3) is 11.3. The molecule has 9 nitrogen and oxygen atoms in total. The summed E-state index contributed by atoms with van der Waals surface area (Å²) in [4.78, 5) is 30.0. The van der Waals surface area contributed by atoms with Crippen molar-refractivity contribution in [3.63, 3.8) is 0 Å². The fraction of sp³-hybridized carbons (Fsp3) is 0.822. The van der Waals surface area contributed by atoms with E-state index in [1.165, 1.54) is 64.1 Å². The van der Waals surface area contributed by atoms with E-state index in [2.05, 4.69) is 94.9 Å². The number of hydrogen-bond donors (Lipinski definition) is 3. The highest BCUT2D eigenvalue weighted by Gasteiger charge is 2.57. The third-order valence-electron chi connectivity index (χ3n) is 15.3. The van der Waals surface area contributed by atoms with Crippen molar-refractivity contribution < 1.29 is 19.1 Å². The standard InChI is InChI=1S/C24H45N3O2.C21H34N2O2/c1-20-19-21-24(4,23(20,2)3)10-6-5-7-13-26-15-17-27(18-16-26)14-8-11-25-12-9-22(28)29-21;1-15-11-18(21(4,5)20(15,2)3)25-19(24)9-10-23-14-17-8-6-7-16(12-17)13-22/h20-21,25H,5-19H2,1-4H3;6-8,12,15,18,23H,9-11,13-14,22H2,1-5H3. The van der Waals surface area contributed by atoms with Gasteiger partial charge in [0.25, 0.3) is 0 Å². The molecule has 54 heavy (non-hydrogen) atoms. The molecule has 0 amide bonds. The number of piperazine rings is 1. The second-order valence-corrected chi connectivity index (χ2v) is 19.1. The fourth-order valence-electron chi connectivity index (χ4n) is 9.38. The van der Waals surface area contributed by atoms with Gasteiger partial charge in [0.05, 0.1) is 12.8 Å². The van der Waals surface area contributed by atoms with Gasteiger partial charge in [-0.2, -0.15) is 0 Å². The number of nitrogens with two attached hydrogens (primary N) is 1. The molecule has 0 aromatic heterocycles. The molecule has 4 N–H and O–H groups in total. The lowest BCUT2D eigenvalue weighted by atomic mass is 9.63. The molecular weight excluding hydrogens is 675 g/mol. The van der Waals surface area contributed by atoms with Crippen molar-refractivity contribution in [2.45, 2.75) is 145 Å². The number of nitrogens with one attached hydrogen (secondary N) is 2. The predicted molar refractivity (Wildman–Crippen MR) is 221 cm³/mol. The number of nitrogens with zero attached hydrogens (tertiary/aromatic N) is 2. The van der Waals surface area contributed by atoms with E-state index in [1.807, 2.05) is 12.1 Å². The molecule has 6 rings (SSSR count). The minimum absolute atomic E-state index is 0.00182. The molecule has 308 valence electrons. The number of carbonyl (C=O) groups excluding carboxylic acids is 2. The Hall–Kier alpha value is -2.04. The first-order chi connectivity index (χ1) is 25.5. The van der Waals surface area contributed by atoms with Crippen LogP contribution in [0.15, 0.2) is 24.3 Å². The van der Waals surface area contributed by atoms with Crippen molar-refractivity contribution in [1.29, 1.82) is 0 Å². The maximum absolute atomic E-state index is 12.6. The van der Waals surface area contributed by atoms with Crippen molar-refractivity contribution >= 4 is 11.9 Å². The summed E-state index contributed by atoms with van der Waals surface area (Å²) in [5.74, 6) is 1.00. The maximum atomic E-state index is 12.6. The number of ether oxygens (including phenoxy) is 2. The second-order valence-electron chi connectivity index (χ2n) is 19.1. The molecule has 0 spiro atoms. The van der Waals surface area contributed by atoms with E-state index < -0.39 is 0 Å². The van der Waals surface area contributed by atoms with E-state index in [4.69, 9.17) is 15.2 Å². The number of esters is 2. The summed E-state index contributed by atoms with van der Waals surface area (Å²) in [5.41, 5.74) is 8.41. The van der Waals surface area contributed by atoms with Crippen LogP contribution in [0.4, 0.5) is 0 Å². The van der Waals surface area contributed by atoms with E-state index in [-0.39, 0.29) is 45.8 Å². The molecule has 3 saturated heterocycles. The Labute approximate surface area is 329 Å². The van der Waals surface area contributed by atoms with Gasteiger partial charge in [0.1, 0.15) is 12.2 Å². The number of benzene rings is 1. The van der Waals surface area contributed by atoms with E-state index >= 15 is 0 Å². The maximum Gasteiger partial charge on any atom is 0.307 e. The molecule has 5 fully saturated rings. The summed E-state index contributed by atoms with van der Waals surface area (Å²) in [5, 5.41) is 6.76.